The van der Waals surface area contributed by atoms with E-state index in [9.17, 15) is 9.59 Å². The van der Waals surface area contributed by atoms with Crippen LogP contribution in [0.2, 0.25) is 0 Å². The van der Waals surface area contributed by atoms with Crippen molar-refractivity contribution in [1.29, 1.82) is 0 Å². The maximum atomic E-state index is 12.1. The van der Waals surface area contributed by atoms with Gasteiger partial charge in [0.2, 0.25) is 11.8 Å². The quantitative estimate of drug-likeness (QED) is 0.633. The Labute approximate surface area is 170 Å². The van der Waals surface area contributed by atoms with Gasteiger partial charge in [0.15, 0.2) is 5.82 Å². The molecule has 0 aliphatic carbocycles. The number of nitrogens with one attached hydrogen (secondary N) is 2. The molecule has 2 amide bonds. The fraction of sp³-hybridized carbons (Fsp3) is 0.450. The van der Waals surface area contributed by atoms with Gasteiger partial charge in [0.1, 0.15) is 5.76 Å². The van der Waals surface area contributed by atoms with Crippen molar-refractivity contribution in [3.8, 4) is 0 Å². The van der Waals surface area contributed by atoms with Gasteiger partial charge in [-0.15, -0.1) is 11.8 Å². The lowest BCUT2D eigenvalue weighted by Crippen LogP contribution is -2.36. The van der Waals surface area contributed by atoms with Gasteiger partial charge in [-0.3, -0.25) is 9.59 Å². The molecule has 1 atom stereocenters. The zero-order valence-electron chi connectivity index (χ0n) is 16.8. The van der Waals surface area contributed by atoms with Crippen LogP contribution in [0, 0.1) is 13.8 Å². The molecule has 0 bridgehead atoms. The Morgan fingerprint density at radius 1 is 1.29 bits per heavy atom. The number of nitrogens with zero attached hydrogens (tertiary/aromatic N) is 2. The molecule has 1 unspecified atom stereocenters. The van der Waals surface area contributed by atoms with Crippen molar-refractivity contribution in [2.75, 3.05) is 35.6 Å². The summed E-state index contributed by atoms with van der Waals surface area (Å²) in [4.78, 5) is 26.4. The average molecular weight is 405 g/mol. The van der Waals surface area contributed by atoms with E-state index in [1.165, 1.54) is 17.3 Å². The number of hydrogen-bond acceptors (Lipinski definition) is 6. The number of thioether (sulfide) groups is 1. The number of aryl methyl sites for hydroxylation is 2. The molecule has 0 spiro atoms. The molecule has 1 aromatic carbocycles. The van der Waals surface area contributed by atoms with E-state index < -0.39 is 0 Å². The van der Waals surface area contributed by atoms with Crippen molar-refractivity contribution in [2.24, 2.45) is 0 Å². The molecule has 152 valence electrons. The van der Waals surface area contributed by atoms with Gasteiger partial charge in [-0.1, -0.05) is 17.3 Å². The Kier molecular flexibility index (Phi) is 8.38. The molecule has 0 aliphatic rings. The normalized spacial score (nSPS) is 11.7. The van der Waals surface area contributed by atoms with Gasteiger partial charge >= 0.3 is 0 Å². The lowest BCUT2D eigenvalue weighted by Gasteiger charge is -2.23. The fourth-order valence-electron chi connectivity index (χ4n) is 2.61. The number of rotatable bonds is 10. The third-order valence-electron chi connectivity index (χ3n) is 4.17. The van der Waals surface area contributed by atoms with Crippen LogP contribution in [0.15, 0.2) is 34.9 Å². The van der Waals surface area contributed by atoms with Crippen LogP contribution in [0.1, 0.15) is 25.2 Å². The summed E-state index contributed by atoms with van der Waals surface area (Å²) in [6, 6.07) is 9.96. The molecule has 1 heterocycles. The Bertz CT molecular complexity index is 793. The summed E-state index contributed by atoms with van der Waals surface area (Å²) in [5, 5.41) is 8.95. The number of carbonyl (C=O) groups is 2. The molecular formula is C20H28N4O3S. The highest BCUT2D eigenvalue weighted by Crippen LogP contribution is 2.16. The van der Waals surface area contributed by atoms with Crippen LogP contribution >= 0.6 is 11.8 Å². The Morgan fingerprint density at radius 2 is 2.07 bits per heavy atom. The smallest absolute Gasteiger partial charge is 0.238 e. The molecule has 0 radical (unpaired) electrons. The maximum Gasteiger partial charge on any atom is 0.238 e. The second-order valence-electron chi connectivity index (χ2n) is 6.53. The van der Waals surface area contributed by atoms with E-state index >= 15 is 0 Å². The number of benzene rings is 1. The van der Waals surface area contributed by atoms with Crippen molar-refractivity contribution in [3.63, 3.8) is 0 Å². The molecule has 0 aliphatic heterocycles. The SMILES string of the molecule is CCN(CCNC(=O)CSC(C)C(=O)Nc1cc(C)on1)c1cccc(C)c1. The number of likely N-dealkylation sites (N-methyl/N-ethyl adjacent to an activating group) is 1. The van der Waals surface area contributed by atoms with E-state index in [4.69, 9.17) is 4.52 Å². The minimum atomic E-state index is -0.373. The lowest BCUT2D eigenvalue weighted by atomic mass is 10.2. The van der Waals surface area contributed by atoms with E-state index in [2.05, 4.69) is 52.7 Å². The largest absolute Gasteiger partial charge is 0.370 e. The highest BCUT2D eigenvalue weighted by atomic mass is 32.2. The Hall–Kier alpha value is -2.48. The first-order chi connectivity index (χ1) is 13.4. The first-order valence-electron chi connectivity index (χ1n) is 9.33. The van der Waals surface area contributed by atoms with Crippen molar-refractivity contribution in [2.45, 2.75) is 32.9 Å². The van der Waals surface area contributed by atoms with Gasteiger partial charge in [-0.25, -0.2) is 0 Å². The molecule has 7 nitrogen and oxygen atoms in total. The van der Waals surface area contributed by atoms with Gasteiger partial charge < -0.3 is 20.1 Å². The van der Waals surface area contributed by atoms with Crippen LogP contribution in [-0.2, 0) is 9.59 Å². The summed E-state index contributed by atoms with van der Waals surface area (Å²) in [6.45, 7) is 9.83. The summed E-state index contributed by atoms with van der Waals surface area (Å²) in [5.41, 5.74) is 2.36. The monoisotopic (exact) mass is 404 g/mol. The predicted molar refractivity (Wildman–Crippen MR) is 114 cm³/mol. The fourth-order valence-corrected chi connectivity index (χ4v) is 3.32. The second kappa shape index (κ2) is 10.8. The van der Waals surface area contributed by atoms with Gasteiger partial charge in [0, 0.05) is 31.4 Å². The minimum Gasteiger partial charge on any atom is -0.370 e. The van der Waals surface area contributed by atoms with Gasteiger partial charge in [0.25, 0.3) is 0 Å². The molecule has 2 aromatic rings. The van der Waals surface area contributed by atoms with Crippen molar-refractivity contribution >= 4 is 35.1 Å². The topological polar surface area (TPSA) is 87.5 Å². The minimum absolute atomic E-state index is 0.0813. The number of amides is 2. The molecule has 0 fully saturated rings. The van der Waals surface area contributed by atoms with Gasteiger partial charge in [-0.05, 0) is 45.4 Å². The molecule has 0 saturated heterocycles. The highest BCUT2D eigenvalue weighted by Gasteiger charge is 2.16. The maximum absolute atomic E-state index is 12.1. The first-order valence-corrected chi connectivity index (χ1v) is 10.4. The molecule has 1 aromatic heterocycles. The number of carbonyl (C=O) groups excluding carboxylic acids is 2. The Morgan fingerprint density at radius 3 is 2.71 bits per heavy atom. The summed E-state index contributed by atoms with van der Waals surface area (Å²) in [5.74, 6) is 0.949. The van der Waals surface area contributed by atoms with Crippen molar-refractivity contribution < 1.29 is 14.1 Å². The van der Waals surface area contributed by atoms with Crippen LogP contribution in [0.25, 0.3) is 0 Å². The van der Waals surface area contributed by atoms with E-state index in [0.717, 1.165) is 18.8 Å². The van der Waals surface area contributed by atoms with Crippen molar-refractivity contribution in [3.05, 3.63) is 41.7 Å². The van der Waals surface area contributed by atoms with Crippen LogP contribution in [0.3, 0.4) is 0 Å². The Balaban J connectivity index is 1.69. The van der Waals surface area contributed by atoms with Gasteiger partial charge in [0.05, 0.1) is 11.0 Å². The molecule has 2 rings (SSSR count). The van der Waals surface area contributed by atoms with Crippen LogP contribution in [-0.4, -0.2) is 47.6 Å². The summed E-state index contributed by atoms with van der Waals surface area (Å²) in [7, 11) is 0. The van der Waals surface area contributed by atoms with E-state index in [0.29, 0.717) is 18.1 Å². The van der Waals surface area contributed by atoms with E-state index in [-0.39, 0.29) is 22.8 Å². The second-order valence-corrected chi connectivity index (χ2v) is 7.86. The summed E-state index contributed by atoms with van der Waals surface area (Å²) < 4.78 is 4.91. The van der Waals surface area contributed by atoms with E-state index in [1.54, 1.807) is 19.9 Å². The van der Waals surface area contributed by atoms with Crippen LogP contribution < -0.4 is 15.5 Å². The lowest BCUT2D eigenvalue weighted by molar-refractivity contribution is -0.118. The van der Waals surface area contributed by atoms with Crippen LogP contribution in [0.5, 0.6) is 0 Å². The van der Waals surface area contributed by atoms with Crippen molar-refractivity contribution in [1.82, 2.24) is 10.5 Å². The molecule has 2 N–H and O–H groups in total. The summed E-state index contributed by atoms with van der Waals surface area (Å²) in [6.07, 6.45) is 0. The summed E-state index contributed by atoms with van der Waals surface area (Å²) >= 11 is 1.29. The zero-order valence-corrected chi connectivity index (χ0v) is 17.6. The molecule has 8 heteroatoms. The average Bonchev–Trinajstić information content (AvgIpc) is 3.07. The number of hydrogen-bond donors (Lipinski definition) is 2. The third-order valence-corrected chi connectivity index (χ3v) is 5.31. The molecule has 0 saturated carbocycles. The van der Waals surface area contributed by atoms with Gasteiger partial charge in [-0.2, -0.15) is 0 Å². The zero-order chi connectivity index (χ0) is 20.5. The first kappa shape index (κ1) is 21.8. The molecular weight excluding hydrogens is 376 g/mol. The van der Waals surface area contributed by atoms with E-state index in [1.807, 2.05) is 6.07 Å². The number of aromatic nitrogens is 1. The van der Waals surface area contributed by atoms with Crippen LogP contribution in [0.4, 0.5) is 11.5 Å². The third kappa shape index (κ3) is 6.92. The standard InChI is InChI=1S/C20H28N4O3S/c1-5-24(17-8-6-7-14(2)11-17)10-9-21-19(25)13-28-16(4)20(26)22-18-12-15(3)27-23-18/h6-8,11-12,16H,5,9-10,13H2,1-4H3,(H,21,25)(H,22,23,26). The predicted octanol–water partition coefficient (Wildman–Crippen LogP) is 2.99. The molecule has 28 heavy (non-hydrogen) atoms. The highest BCUT2D eigenvalue weighted by molar-refractivity contribution is 8.01. The number of anilines is 2.